The van der Waals surface area contributed by atoms with Crippen molar-refractivity contribution < 1.29 is 8.42 Å². The van der Waals surface area contributed by atoms with Gasteiger partial charge in [0.25, 0.3) is 0 Å². The summed E-state index contributed by atoms with van der Waals surface area (Å²) in [5, 5.41) is 7.49. The van der Waals surface area contributed by atoms with Gasteiger partial charge in [0.15, 0.2) is 5.25 Å². The van der Waals surface area contributed by atoms with Gasteiger partial charge in [0.05, 0.1) is 6.07 Å². The maximum atomic E-state index is 11.5. The van der Waals surface area contributed by atoms with Crippen LogP contribution in [-0.4, -0.2) is 18.7 Å². The second kappa shape index (κ2) is 5.05. The molecule has 1 unspecified atom stereocenters. The molecule has 1 aromatic rings. The summed E-state index contributed by atoms with van der Waals surface area (Å²) in [5.74, 6) is 0. The summed E-state index contributed by atoms with van der Waals surface area (Å²) in [5.41, 5.74) is 1.76. The third-order valence-corrected chi connectivity index (χ3v) is 3.84. The summed E-state index contributed by atoms with van der Waals surface area (Å²) >= 11 is 0. The number of pyridine rings is 1. The van der Waals surface area contributed by atoms with Crippen LogP contribution < -0.4 is 4.72 Å². The zero-order valence-electron chi connectivity index (χ0n) is 9.14. The number of aryl methyl sites for hydroxylation is 1. The van der Waals surface area contributed by atoms with Crippen LogP contribution in [0.5, 0.6) is 0 Å². The molecule has 0 radical (unpaired) electrons. The maximum Gasteiger partial charge on any atom is 0.227 e. The Morgan fingerprint density at radius 1 is 1.62 bits per heavy atom. The molecular formula is C10H13N3O2S. The Hall–Kier alpha value is -1.45. The molecular weight excluding hydrogens is 226 g/mol. The SMILES string of the molecule is Cc1ccncc1CNS(=O)(=O)C(C)C#N. The molecule has 6 heteroatoms. The van der Waals surface area contributed by atoms with E-state index in [1.165, 1.54) is 6.92 Å². The van der Waals surface area contributed by atoms with Gasteiger partial charge in [-0.05, 0) is 31.0 Å². The van der Waals surface area contributed by atoms with Crippen molar-refractivity contribution in [1.82, 2.24) is 9.71 Å². The van der Waals surface area contributed by atoms with Crippen LogP contribution in [0.1, 0.15) is 18.1 Å². The lowest BCUT2D eigenvalue weighted by atomic mass is 10.2. The van der Waals surface area contributed by atoms with Gasteiger partial charge in [0.2, 0.25) is 10.0 Å². The van der Waals surface area contributed by atoms with E-state index in [0.717, 1.165) is 11.1 Å². The first-order valence-corrected chi connectivity index (χ1v) is 6.29. The normalized spacial score (nSPS) is 13.1. The zero-order chi connectivity index (χ0) is 12.2. The van der Waals surface area contributed by atoms with Crippen molar-refractivity contribution in [1.29, 1.82) is 5.26 Å². The Kier molecular flexibility index (Phi) is 3.99. The van der Waals surface area contributed by atoms with Crippen LogP contribution in [-0.2, 0) is 16.6 Å². The zero-order valence-corrected chi connectivity index (χ0v) is 9.95. The average Bonchev–Trinajstić information content (AvgIpc) is 2.27. The number of rotatable bonds is 4. The van der Waals surface area contributed by atoms with Crippen LogP contribution in [0.4, 0.5) is 0 Å². The molecule has 16 heavy (non-hydrogen) atoms. The Labute approximate surface area is 95.2 Å². The van der Waals surface area contributed by atoms with E-state index in [1.54, 1.807) is 24.5 Å². The van der Waals surface area contributed by atoms with Crippen molar-refractivity contribution in [2.75, 3.05) is 0 Å². The van der Waals surface area contributed by atoms with Crippen molar-refractivity contribution in [3.63, 3.8) is 0 Å². The second-order valence-corrected chi connectivity index (χ2v) is 5.53. The largest absolute Gasteiger partial charge is 0.264 e. The predicted molar refractivity (Wildman–Crippen MR) is 59.8 cm³/mol. The van der Waals surface area contributed by atoms with Crippen molar-refractivity contribution in [2.45, 2.75) is 25.6 Å². The number of aromatic nitrogens is 1. The molecule has 0 saturated carbocycles. The molecule has 1 atom stereocenters. The standard InChI is InChI=1S/C10H13N3O2S/c1-8-3-4-12-6-10(8)7-13-16(14,15)9(2)5-11/h3-4,6,9,13H,7H2,1-2H3. The molecule has 0 aromatic carbocycles. The fraction of sp³-hybridized carbons (Fsp3) is 0.400. The van der Waals surface area contributed by atoms with Crippen molar-refractivity contribution in [2.24, 2.45) is 0 Å². The van der Waals surface area contributed by atoms with Crippen molar-refractivity contribution >= 4 is 10.0 Å². The van der Waals surface area contributed by atoms with Crippen LogP contribution in [0.15, 0.2) is 18.5 Å². The van der Waals surface area contributed by atoms with Gasteiger partial charge in [-0.1, -0.05) is 0 Å². The number of nitriles is 1. The van der Waals surface area contributed by atoms with Gasteiger partial charge in [-0.3, -0.25) is 4.98 Å². The molecule has 0 aliphatic carbocycles. The first-order valence-electron chi connectivity index (χ1n) is 4.75. The van der Waals surface area contributed by atoms with Gasteiger partial charge in [0, 0.05) is 18.9 Å². The van der Waals surface area contributed by atoms with Crippen molar-refractivity contribution in [3.05, 3.63) is 29.6 Å². The maximum absolute atomic E-state index is 11.5. The van der Waals surface area contributed by atoms with E-state index >= 15 is 0 Å². The highest BCUT2D eigenvalue weighted by Crippen LogP contribution is 2.06. The number of hydrogen-bond donors (Lipinski definition) is 1. The molecule has 0 spiro atoms. The first kappa shape index (κ1) is 12.6. The van der Waals surface area contributed by atoms with E-state index in [2.05, 4.69) is 9.71 Å². The summed E-state index contributed by atoms with van der Waals surface area (Å²) in [6, 6.07) is 3.49. The molecule has 0 fully saturated rings. The minimum Gasteiger partial charge on any atom is -0.264 e. The quantitative estimate of drug-likeness (QED) is 0.839. The third-order valence-electron chi connectivity index (χ3n) is 2.26. The Bertz CT molecular complexity index is 505. The van der Waals surface area contributed by atoms with E-state index in [-0.39, 0.29) is 6.54 Å². The lowest BCUT2D eigenvalue weighted by Crippen LogP contribution is -2.31. The molecule has 86 valence electrons. The molecule has 0 aliphatic rings. The second-order valence-electron chi connectivity index (χ2n) is 3.44. The van der Waals surface area contributed by atoms with E-state index < -0.39 is 15.3 Å². The van der Waals surface area contributed by atoms with Gasteiger partial charge in [-0.2, -0.15) is 5.26 Å². The molecule has 1 heterocycles. The molecule has 0 amide bonds. The minimum absolute atomic E-state index is 0.161. The van der Waals surface area contributed by atoms with E-state index in [1.807, 2.05) is 6.92 Å². The fourth-order valence-electron chi connectivity index (χ4n) is 1.05. The fourth-order valence-corrected chi connectivity index (χ4v) is 1.80. The van der Waals surface area contributed by atoms with Gasteiger partial charge < -0.3 is 0 Å². The number of hydrogen-bond acceptors (Lipinski definition) is 4. The van der Waals surface area contributed by atoms with E-state index in [9.17, 15) is 8.42 Å². The van der Waals surface area contributed by atoms with Crippen LogP contribution in [0.25, 0.3) is 0 Å². The molecule has 0 saturated heterocycles. The molecule has 5 nitrogen and oxygen atoms in total. The molecule has 1 aromatic heterocycles. The topological polar surface area (TPSA) is 82.8 Å². The van der Waals surface area contributed by atoms with Gasteiger partial charge in [0.1, 0.15) is 0 Å². The van der Waals surface area contributed by atoms with Crippen LogP contribution >= 0.6 is 0 Å². The van der Waals surface area contributed by atoms with Crippen LogP contribution in [0.2, 0.25) is 0 Å². The highest BCUT2D eigenvalue weighted by atomic mass is 32.2. The minimum atomic E-state index is -3.56. The molecule has 0 bridgehead atoms. The van der Waals surface area contributed by atoms with E-state index in [0.29, 0.717) is 0 Å². The first-order chi connectivity index (χ1) is 7.47. The monoisotopic (exact) mass is 239 g/mol. The number of nitrogens with one attached hydrogen (secondary N) is 1. The molecule has 0 aliphatic heterocycles. The highest BCUT2D eigenvalue weighted by molar-refractivity contribution is 7.90. The number of nitrogens with zero attached hydrogens (tertiary/aromatic N) is 2. The average molecular weight is 239 g/mol. The van der Waals surface area contributed by atoms with Gasteiger partial charge in [-0.15, -0.1) is 0 Å². The molecule has 1 rings (SSSR count). The lowest BCUT2D eigenvalue weighted by molar-refractivity contribution is 0.576. The Morgan fingerprint density at radius 3 is 2.88 bits per heavy atom. The van der Waals surface area contributed by atoms with Crippen molar-refractivity contribution in [3.8, 4) is 6.07 Å². The summed E-state index contributed by atoms with van der Waals surface area (Å²) < 4.78 is 25.4. The summed E-state index contributed by atoms with van der Waals surface area (Å²) in [4.78, 5) is 3.91. The smallest absolute Gasteiger partial charge is 0.227 e. The number of sulfonamides is 1. The third kappa shape index (κ3) is 3.02. The van der Waals surface area contributed by atoms with Crippen LogP contribution in [0, 0.1) is 18.3 Å². The summed E-state index contributed by atoms with van der Waals surface area (Å²) in [6.07, 6.45) is 3.25. The summed E-state index contributed by atoms with van der Waals surface area (Å²) in [6.45, 7) is 3.38. The summed E-state index contributed by atoms with van der Waals surface area (Å²) in [7, 11) is -3.56. The van der Waals surface area contributed by atoms with Gasteiger partial charge >= 0.3 is 0 Å². The van der Waals surface area contributed by atoms with Gasteiger partial charge in [-0.25, -0.2) is 13.1 Å². The lowest BCUT2D eigenvalue weighted by Gasteiger charge is -2.09. The highest BCUT2D eigenvalue weighted by Gasteiger charge is 2.19. The Balaban J connectivity index is 2.74. The Morgan fingerprint density at radius 2 is 2.31 bits per heavy atom. The van der Waals surface area contributed by atoms with E-state index in [4.69, 9.17) is 5.26 Å². The van der Waals surface area contributed by atoms with Crippen LogP contribution in [0.3, 0.4) is 0 Å². The molecule has 1 N–H and O–H groups in total. The predicted octanol–water partition coefficient (Wildman–Crippen LogP) is 0.722.